The second-order valence-electron chi connectivity index (χ2n) is 4.85. The van der Waals surface area contributed by atoms with Crippen molar-refractivity contribution in [2.24, 2.45) is 7.05 Å². The standard InChI is InChI=1S/C12H17N7/c1-19-7-15-18-11(19)4-5-14-10-6-9(13)16-12(17-10)8-2-3-8/h6-8H,2-5H2,1H3,(H3,13,14,16,17). The molecular formula is C12H17N7. The number of nitrogens with two attached hydrogens (primary N) is 1. The maximum Gasteiger partial charge on any atom is 0.136 e. The van der Waals surface area contributed by atoms with Crippen LogP contribution in [0, 0.1) is 0 Å². The lowest BCUT2D eigenvalue weighted by atomic mass is 10.3. The molecule has 2 aromatic heterocycles. The second-order valence-corrected chi connectivity index (χ2v) is 4.85. The number of hydrogen-bond donors (Lipinski definition) is 2. The molecule has 0 radical (unpaired) electrons. The Morgan fingerprint density at radius 1 is 1.42 bits per heavy atom. The van der Waals surface area contributed by atoms with Crippen molar-refractivity contribution in [3.63, 3.8) is 0 Å². The largest absolute Gasteiger partial charge is 0.384 e. The molecule has 7 heteroatoms. The van der Waals surface area contributed by atoms with Crippen molar-refractivity contribution in [2.45, 2.75) is 25.2 Å². The predicted octanol–water partition coefficient (Wildman–Crippen LogP) is 0.719. The number of nitrogens with one attached hydrogen (secondary N) is 1. The van der Waals surface area contributed by atoms with Crippen molar-refractivity contribution in [3.8, 4) is 0 Å². The molecule has 1 saturated carbocycles. The molecule has 1 aliphatic rings. The lowest BCUT2D eigenvalue weighted by Gasteiger charge is -2.07. The molecule has 1 aliphatic carbocycles. The van der Waals surface area contributed by atoms with E-state index in [0.29, 0.717) is 11.7 Å². The summed E-state index contributed by atoms with van der Waals surface area (Å²) >= 11 is 0. The molecule has 0 bridgehead atoms. The number of nitrogens with zero attached hydrogens (tertiary/aromatic N) is 5. The summed E-state index contributed by atoms with van der Waals surface area (Å²) in [5.41, 5.74) is 5.80. The van der Waals surface area contributed by atoms with Gasteiger partial charge in [0.05, 0.1) is 0 Å². The molecule has 3 N–H and O–H groups in total. The summed E-state index contributed by atoms with van der Waals surface area (Å²) in [7, 11) is 1.93. The van der Waals surface area contributed by atoms with Gasteiger partial charge in [-0.15, -0.1) is 10.2 Å². The molecule has 7 nitrogen and oxygen atoms in total. The number of aromatic nitrogens is 5. The summed E-state index contributed by atoms with van der Waals surface area (Å²) in [6.07, 6.45) is 4.83. The molecule has 0 unspecified atom stereocenters. The SMILES string of the molecule is Cn1cnnc1CCNc1cc(N)nc(C2CC2)n1. The molecule has 100 valence electrons. The Morgan fingerprint density at radius 2 is 2.26 bits per heavy atom. The van der Waals surface area contributed by atoms with E-state index in [9.17, 15) is 0 Å². The van der Waals surface area contributed by atoms with Gasteiger partial charge in [-0.2, -0.15) is 0 Å². The molecule has 2 aromatic rings. The van der Waals surface area contributed by atoms with Crippen LogP contribution in [0.5, 0.6) is 0 Å². The highest BCUT2D eigenvalue weighted by molar-refractivity contribution is 5.45. The molecule has 0 atom stereocenters. The Balaban J connectivity index is 1.62. The lowest BCUT2D eigenvalue weighted by Crippen LogP contribution is -2.11. The zero-order chi connectivity index (χ0) is 13.2. The van der Waals surface area contributed by atoms with Crippen molar-refractivity contribution in [1.82, 2.24) is 24.7 Å². The minimum Gasteiger partial charge on any atom is -0.384 e. The highest BCUT2D eigenvalue weighted by Crippen LogP contribution is 2.38. The van der Waals surface area contributed by atoms with E-state index in [-0.39, 0.29) is 0 Å². The number of rotatable bonds is 5. The van der Waals surface area contributed by atoms with Crippen LogP contribution in [0.1, 0.15) is 30.4 Å². The number of nitrogen functional groups attached to an aromatic ring is 1. The lowest BCUT2D eigenvalue weighted by molar-refractivity contribution is 0.786. The Bertz CT molecular complexity index is 573. The molecule has 2 heterocycles. The minimum absolute atomic E-state index is 0.503. The first-order valence-electron chi connectivity index (χ1n) is 6.43. The van der Waals surface area contributed by atoms with Crippen LogP contribution in [-0.2, 0) is 13.5 Å². The van der Waals surface area contributed by atoms with Gasteiger partial charge in [0.25, 0.3) is 0 Å². The Morgan fingerprint density at radius 3 is 2.95 bits per heavy atom. The van der Waals surface area contributed by atoms with E-state index >= 15 is 0 Å². The zero-order valence-electron chi connectivity index (χ0n) is 10.9. The molecule has 0 amide bonds. The van der Waals surface area contributed by atoms with Gasteiger partial charge < -0.3 is 15.6 Å². The van der Waals surface area contributed by atoms with Crippen LogP contribution in [-0.4, -0.2) is 31.3 Å². The van der Waals surface area contributed by atoms with Crippen LogP contribution in [0.15, 0.2) is 12.4 Å². The molecule has 0 aromatic carbocycles. The Kier molecular flexibility index (Phi) is 3.02. The fourth-order valence-electron chi connectivity index (χ4n) is 1.94. The topological polar surface area (TPSA) is 94.5 Å². The van der Waals surface area contributed by atoms with Crippen LogP contribution in [0.4, 0.5) is 11.6 Å². The molecule has 0 saturated heterocycles. The fraction of sp³-hybridized carbons (Fsp3) is 0.500. The Hall–Kier alpha value is -2.18. The Labute approximate surface area is 111 Å². The first-order valence-corrected chi connectivity index (χ1v) is 6.43. The molecule has 19 heavy (non-hydrogen) atoms. The van der Waals surface area contributed by atoms with Gasteiger partial charge in [0.2, 0.25) is 0 Å². The first kappa shape index (κ1) is 11.9. The quantitative estimate of drug-likeness (QED) is 0.821. The van der Waals surface area contributed by atoms with E-state index in [4.69, 9.17) is 5.73 Å². The predicted molar refractivity (Wildman–Crippen MR) is 71.6 cm³/mol. The molecule has 0 spiro atoms. The molecule has 3 rings (SSSR count). The first-order chi connectivity index (χ1) is 9.22. The van der Waals surface area contributed by atoms with Crippen LogP contribution in [0.25, 0.3) is 0 Å². The summed E-state index contributed by atoms with van der Waals surface area (Å²) < 4.78 is 1.91. The van der Waals surface area contributed by atoms with Gasteiger partial charge in [-0.05, 0) is 12.8 Å². The summed E-state index contributed by atoms with van der Waals surface area (Å²) in [6, 6.07) is 1.77. The monoisotopic (exact) mass is 259 g/mol. The van der Waals surface area contributed by atoms with Gasteiger partial charge in [0, 0.05) is 32.0 Å². The minimum atomic E-state index is 0.503. The average molecular weight is 259 g/mol. The smallest absolute Gasteiger partial charge is 0.136 e. The summed E-state index contributed by atoms with van der Waals surface area (Å²) in [5, 5.41) is 11.1. The second kappa shape index (κ2) is 4.83. The van der Waals surface area contributed by atoms with Gasteiger partial charge in [-0.1, -0.05) is 0 Å². The fourth-order valence-corrected chi connectivity index (χ4v) is 1.94. The number of anilines is 2. The van der Waals surface area contributed by atoms with Gasteiger partial charge in [0.15, 0.2) is 0 Å². The third kappa shape index (κ3) is 2.81. The van der Waals surface area contributed by atoms with Crippen molar-refractivity contribution in [2.75, 3.05) is 17.6 Å². The number of hydrogen-bond acceptors (Lipinski definition) is 6. The summed E-state index contributed by atoms with van der Waals surface area (Å²) in [6.45, 7) is 0.743. The van der Waals surface area contributed by atoms with Crippen LogP contribution < -0.4 is 11.1 Å². The molecule has 0 aliphatic heterocycles. The van der Waals surface area contributed by atoms with Crippen molar-refractivity contribution in [1.29, 1.82) is 0 Å². The average Bonchev–Trinajstić information content (AvgIpc) is 3.14. The van der Waals surface area contributed by atoms with Gasteiger partial charge >= 0.3 is 0 Å². The van der Waals surface area contributed by atoms with E-state index in [1.54, 1.807) is 12.4 Å². The van der Waals surface area contributed by atoms with Crippen LogP contribution in [0.3, 0.4) is 0 Å². The van der Waals surface area contributed by atoms with E-state index in [2.05, 4.69) is 25.5 Å². The van der Waals surface area contributed by atoms with Crippen molar-refractivity contribution >= 4 is 11.6 Å². The van der Waals surface area contributed by atoms with Crippen molar-refractivity contribution in [3.05, 3.63) is 24.0 Å². The van der Waals surface area contributed by atoms with E-state index in [1.807, 2.05) is 11.6 Å². The third-order valence-electron chi connectivity index (χ3n) is 3.17. The maximum absolute atomic E-state index is 5.80. The normalized spacial score (nSPS) is 14.6. The summed E-state index contributed by atoms with van der Waals surface area (Å²) in [5.74, 6) is 3.62. The van der Waals surface area contributed by atoms with Crippen LogP contribution >= 0.6 is 0 Å². The van der Waals surface area contributed by atoms with Gasteiger partial charge in [0.1, 0.15) is 29.6 Å². The zero-order valence-corrected chi connectivity index (χ0v) is 10.9. The van der Waals surface area contributed by atoms with E-state index < -0.39 is 0 Å². The van der Waals surface area contributed by atoms with Gasteiger partial charge in [-0.25, -0.2) is 9.97 Å². The maximum atomic E-state index is 5.80. The van der Waals surface area contributed by atoms with Crippen LogP contribution in [0.2, 0.25) is 0 Å². The van der Waals surface area contributed by atoms with E-state index in [1.165, 1.54) is 12.8 Å². The van der Waals surface area contributed by atoms with Gasteiger partial charge in [-0.3, -0.25) is 0 Å². The molecule has 1 fully saturated rings. The summed E-state index contributed by atoms with van der Waals surface area (Å²) in [4.78, 5) is 8.76. The third-order valence-corrected chi connectivity index (χ3v) is 3.17. The molecular weight excluding hydrogens is 242 g/mol. The van der Waals surface area contributed by atoms with E-state index in [0.717, 1.165) is 30.4 Å². The number of aryl methyl sites for hydroxylation is 1. The highest BCUT2D eigenvalue weighted by atomic mass is 15.2. The highest BCUT2D eigenvalue weighted by Gasteiger charge is 2.27. The van der Waals surface area contributed by atoms with Crippen molar-refractivity contribution < 1.29 is 0 Å².